The van der Waals surface area contributed by atoms with Gasteiger partial charge in [-0.05, 0) is 77.1 Å². The molecule has 1 fully saturated rings. The maximum atomic E-state index is 13.0. The lowest BCUT2D eigenvalue weighted by Gasteiger charge is -2.13. The average molecular weight is 453 g/mol. The van der Waals surface area contributed by atoms with Gasteiger partial charge in [0.25, 0.3) is 5.91 Å². The summed E-state index contributed by atoms with van der Waals surface area (Å²) >= 11 is 1.40. The van der Waals surface area contributed by atoms with Gasteiger partial charge in [0.1, 0.15) is 0 Å². The molecule has 1 aliphatic heterocycles. The summed E-state index contributed by atoms with van der Waals surface area (Å²) in [5.74, 6) is -0.0461. The van der Waals surface area contributed by atoms with Crippen LogP contribution in [0.5, 0.6) is 0 Å². The van der Waals surface area contributed by atoms with Crippen molar-refractivity contribution < 1.29 is 4.79 Å². The summed E-state index contributed by atoms with van der Waals surface area (Å²) in [4.78, 5) is 22.1. The highest BCUT2D eigenvalue weighted by Gasteiger charge is 2.30. The van der Waals surface area contributed by atoms with Gasteiger partial charge in [-0.1, -0.05) is 30.3 Å². The fraction of sp³-hybridized carbons (Fsp3) is 0.111. The molecule has 1 amide bonds. The van der Waals surface area contributed by atoms with E-state index < -0.39 is 0 Å². The molecule has 4 aromatic rings. The highest BCUT2D eigenvalue weighted by atomic mass is 32.2. The second kappa shape index (κ2) is 8.64. The van der Waals surface area contributed by atoms with Crippen LogP contribution in [0, 0.1) is 0 Å². The zero-order chi connectivity index (χ0) is 22.9. The Kier molecular flexibility index (Phi) is 5.52. The first kappa shape index (κ1) is 21.1. The summed E-state index contributed by atoms with van der Waals surface area (Å²) in [7, 11) is 5.82. The van der Waals surface area contributed by atoms with Crippen LogP contribution >= 0.6 is 11.8 Å². The summed E-state index contributed by atoms with van der Waals surface area (Å²) in [6.45, 7) is 0. The Morgan fingerprint density at radius 1 is 0.909 bits per heavy atom. The number of fused-ring (bicyclic) bond motifs is 1. The van der Waals surface area contributed by atoms with Crippen molar-refractivity contribution in [2.45, 2.75) is 0 Å². The van der Waals surface area contributed by atoms with Crippen LogP contribution in [-0.2, 0) is 4.79 Å². The molecule has 0 spiro atoms. The molecule has 164 valence electrons. The molecule has 5 rings (SSSR count). The van der Waals surface area contributed by atoms with Gasteiger partial charge in [-0.15, -0.1) is 0 Å². The second-order valence-electron chi connectivity index (χ2n) is 8.11. The van der Waals surface area contributed by atoms with Crippen molar-refractivity contribution in [3.8, 4) is 5.69 Å². The molecule has 1 aromatic heterocycles. The van der Waals surface area contributed by atoms with E-state index in [2.05, 4.69) is 51.9 Å². The largest absolute Gasteiger partial charge is 0.378 e. The first-order valence-electron chi connectivity index (χ1n) is 10.7. The monoisotopic (exact) mass is 452 g/mol. The van der Waals surface area contributed by atoms with E-state index in [1.165, 1.54) is 17.1 Å². The molecule has 0 atom stereocenters. The van der Waals surface area contributed by atoms with Crippen LogP contribution in [0.3, 0.4) is 0 Å². The minimum atomic E-state index is -0.0461. The van der Waals surface area contributed by atoms with Gasteiger partial charge >= 0.3 is 0 Å². The minimum Gasteiger partial charge on any atom is -0.378 e. The van der Waals surface area contributed by atoms with Crippen molar-refractivity contribution in [1.29, 1.82) is 0 Å². The van der Waals surface area contributed by atoms with Gasteiger partial charge < -0.3 is 9.47 Å². The van der Waals surface area contributed by atoms with Crippen LogP contribution in [0.15, 0.2) is 95.0 Å². The third kappa shape index (κ3) is 4.17. The van der Waals surface area contributed by atoms with Gasteiger partial charge in [0.15, 0.2) is 5.17 Å². The molecule has 0 radical (unpaired) electrons. The molecule has 0 bridgehead atoms. The lowest BCUT2D eigenvalue weighted by molar-refractivity contribution is -0.121. The molecule has 0 unspecified atom stereocenters. The highest BCUT2D eigenvalue weighted by Crippen LogP contribution is 2.34. The summed E-state index contributed by atoms with van der Waals surface area (Å²) in [5, 5.41) is 2.98. The Bertz CT molecular complexity index is 1400. The van der Waals surface area contributed by atoms with Crippen molar-refractivity contribution >= 4 is 51.1 Å². The van der Waals surface area contributed by atoms with Crippen molar-refractivity contribution in [2.24, 2.45) is 4.99 Å². The summed E-state index contributed by atoms with van der Waals surface area (Å²) < 4.78 is 2.08. The number of hydrogen-bond donors (Lipinski definition) is 0. The Labute approximate surface area is 197 Å². The van der Waals surface area contributed by atoms with Gasteiger partial charge in [0.05, 0.1) is 10.6 Å². The van der Waals surface area contributed by atoms with E-state index in [-0.39, 0.29) is 5.91 Å². The Morgan fingerprint density at radius 3 is 2.42 bits per heavy atom. The smallest absolute Gasteiger partial charge is 0.266 e. The third-order valence-corrected chi connectivity index (χ3v) is 6.73. The number of likely N-dealkylation sites (N-methyl/N-ethyl adjacent to an activating group) is 1. The van der Waals surface area contributed by atoms with Crippen molar-refractivity contribution in [3.63, 3.8) is 0 Å². The van der Waals surface area contributed by atoms with Gasteiger partial charge in [0, 0.05) is 44.4 Å². The summed E-state index contributed by atoms with van der Waals surface area (Å²) in [5.41, 5.74) is 3.97. The summed E-state index contributed by atoms with van der Waals surface area (Å²) in [6, 6.07) is 26.6. The number of nitrogens with zero attached hydrogens (tertiary/aromatic N) is 4. The van der Waals surface area contributed by atoms with Crippen LogP contribution in [0.2, 0.25) is 0 Å². The number of carbonyl (C=O) groups is 1. The number of rotatable bonds is 4. The van der Waals surface area contributed by atoms with Crippen LogP contribution < -0.4 is 4.90 Å². The van der Waals surface area contributed by atoms with E-state index in [1.54, 1.807) is 11.9 Å². The number of aliphatic imine (C=N–C) groups is 1. The number of anilines is 1. The standard InChI is InChI=1S/C27H24N4OS/c1-29(2)22-12-14-23(15-13-22)31-16-6-9-24(31)18-25-26(32)30(3)27(33-25)28-21-11-10-19-7-4-5-8-20(19)17-21/h4-18H,1-3H3/b25-18-,28-27?. The summed E-state index contributed by atoms with van der Waals surface area (Å²) in [6.07, 6.45) is 3.95. The predicted octanol–water partition coefficient (Wildman–Crippen LogP) is 5.93. The predicted molar refractivity (Wildman–Crippen MR) is 139 cm³/mol. The second-order valence-corrected chi connectivity index (χ2v) is 9.12. The topological polar surface area (TPSA) is 40.8 Å². The molecule has 0 N–H and O–H groups in total. The molecule has 0 aliphatic carbocycles. The molecule has 5 nitrogen and oxygen atoms in total. The number of amides is 1. The molecule has 0 saturated carbocycles. The lowest BCUT2D eigenvalue weighted by atomic mass is 10.1. The van der Waals surface area contributed by atoms with Crippen LogP contribution in [0.4, 0.5) is 11.4 Å². The lowest BCUT2D eigenvalue weighted by Crippen LogP contribution is -2.23. The number of benzene rings is 3. The van der Waals surface area contributed by atoms with Crippen molar-refractivity contribution in [2.75, 3.05) is 26.0 Å². The Hall–Kier alpha value is -3.77. The highest BCUT2D eigenvalue weighted by molar-refractivity contribution is 8.18. The van der Waals surface area contributed by atoms with Gasteiger partial charge in [-0.25, -0.2) is 4.99 Å². The zero-order valence-electron chi connectivity index (χ0n) is 18.8. The van der Waals surface area contributed by atoms with E-state index in [4.69, 9.17) is 4.99 Å². The van der Waals surface area contributed by atoms with Gasteiger partial charge in [0.2, 0.25) is 0 Å². The molecule has 6 heteroatoms. The molecule has 2 heterocycles. The molecular weight excluding hydrogens is 428 g/mol. The first-order chi connectivity index (χ1) is 16.0. The number of aromatic nitrogens is 1. The molecular formula is C27H24N4OS. The fourth-order valence-electron chi connectivity index (χ4n) is 3.80. The normalized spacial score (nSPS) is 16.3. The number of hydrogen-bond acceptors (Lipinski definition) is 4. The minimum absolute atomic E-state index is 0.0461. The fourth-order valence-corrected chi connectivity index (χ4v) is 4.77. The number of amidine groups is 1. The van der Waals surface area contributed by atoms with E-state index in [9.17, 15) is 4.79 Å². The number of carbonyl (C=O) groups excluding carboxylic acids is 1. The van der Waals surface area contributed by atoms with Crippen molar-refractivity contribution in [1.82, 2.24) is 9.47 Å². The van der Waals surface area contributed by atoms with E-state index in [0.717, 1.165) is 28.1 Å². The number of thioether (sulfide) groups is 1. The van der Waals surface area contributed by atoms with Crippen LogP contribution in [0.25, 0.3) is 22.5 Å². The Morgan fingerprint density at radius 2 is 1.67 bits per heavy atom. The maximum absolute atomic E-state index is 13.0. The molecule has 33 heavy (non-hydrogen) atoms. The quantitative estimate of drug-likeness (QED) is 0.360. The third-order valence-electron chi connectivity index (χ3n) is 5.66. The first-order valence-corrected chi connectivity index (χ1v) is 11.5. The molecule has 1 aliphatic rings. The Balaban J connectivity index is 1.44. The molecule has 1 saturated heterocycles. The van der Waals surface area contributed by atoms with Crippen molar-refractivity contribution in [3.05, 3.63) is 95.7 Å². The van der Waals surface area contributed by atoms with E-state index in [0.29, 0.717) is 10.1 Å². The molecule has 3 aromatic carbocycles. The van der Waals surface area contributed by atoms with Gasteiger partial charge in [-0.3, -0.25) is 9.69 Å². The maximum Gasteiger partial charge on any atom is 0.266 e. The van der Waals surface area contributed by atoms with Gasteiger partial charge in [-0.2, -0.15) is 0 Å². The zero-order valence-corrected chi connectivity index (χ0v) is 19.6. The SMILES string of the molecule is CN1C(=O)/C(=C/c2cccn2-c2ccc(N(C)C)cc2)SC1=Nc1ccc2ccccc2c1. The van der Waals surface area contributed by atoms with E-state index >= 15 is 0 Å². The van der Waals surface area contributed by atoms with Crippen LogP contribution in [0.1, 0.15) is 5.69 Å². The van der Waals surface area contributed by atoms with E-state index in [1.807, 2.05) is 62.8 Å². The van der Waals surface area contributed by atoms with Crippen LogP contribution in [-0.4, -0.2) is 41.7 Å². The average Bonchev–Trinajstić information content (AvgIpc) is 3.39.